The Morgan fingerprint density at radius 1 is 1.09 bits per heavy atom. The summed E-state index contributed by atoms with van der Waals surface area (Å²) in [5, 5.41) is 0. The standard InChI is InChI=1S/C25H31N5O4/c1-4-18-5-6-26-24-23-22(13-19(15-27-23)28-7-9-34-10-8-28)29(25(31)30(18)24)16-17-11-20(32-2)14-21(12-17)33-3/h11-15,18H,4-10,16H2,1-3H3. The number of carbonyl (C=O) groups excluding carboxylic acids is 1. The second-order valence-corrected chi connectivity index (χ2v) is 8.68. The number of hydrogen-bond donors (Lipinski definition) is 0. The van der Waals surface area contributed by atoms with Crippen LogP contribution in [0.2, 0.25) is 0 Å². The zero-order valence-corrected chi connectivity index (χ0v) is 20.0. The van der Waals surface area contributed by atoms with E-state index in [0.29, 0.717) is 43.6 Å². The number of methoxy groups -OCH3 is 2. The molecular weight excluding hydrogens is 434 g/mol. The smallest absolute Gasteiger partial charge is 0.330 e. The second kappa shape index (κ2) is 9.50. The van der Waals surface area contributed by atoms with Gasteiger partial charge in [0.05, 0.1) is 51.5 Å². The molecule has 5 rings (SSSR count). The molecular formula is C25H31N5O4. The SMILES string of the molecule is CCC1CCN=C2c3ncc(N4CCOCC4)cc3N(Cc3cc(OC)cc(OC)c3)C(=O)N21. The number of rotatable bonds is 6. The minimum atomic E-state index is -0.0690. The van der Waals surface area contributed by atoms with Gasteiger partial charge in [-0.3, -0.25) is 14.8 Å². The topological polar surface area (TPSA) is 79.7 Å². The van der Waals surface area contributed by atoms with E-state index in [1.165, 1.54) is 0 Å². The molecule has 34 heavy (non-hydrogen) atoms. The van der Waals surface area contributed by atoms with Crippen LogP contribution in [-0.4, -0.2) is 74.9 Å². The first-order chi connectivity index (χ1) is 16.6. The van der Waals surface area contributed by atoms with Gasteiger partial charge in [-0.1, -0.05) is 6.92 Å². The van der Waals surface area contributed by atoms with Gasteiger partial charge in [0, 0.05) is 31.7 Å². The summed E-state index contributed by atoms with van der Waals surface area (Å²) in [6, 6.07) is 7.81. The number of amides is 2. The van der Waals surface area contributed by atoms with Gasteiger partial charge in [0.1, 0.15) is 17.2 Å². The zero-order valence-electron chi connectivity index (χ0n) is 20.0. The van der Waals surface area contributed by atoms with Gasteiger partial charge in [-0.05, 0) is 36.6 Å². The second-order valence-electron chi connectivity index (χ2n) is 8.68. The minimum absolute atomic E-state index is 0.0690. The van der Waals surface area contributed by atoms with E-state index in [1.807, 2.05) is 34.2 Å². The lowest BCUT2D eigenvalue weighted by Gasteiger charge is -2.43. The van der Waals surface area contributed by atoms with E-state index in [2.05, 4.69) is 17.9 Å². The lowest BCUT2D eigenvalue weighted by Crippen LogP contribution is -2.57. The average molecular weight is 466 g/mol. The molecule has 1 aromatic heterocycles. The molecule has 0 N–H and O–H groups in total. The van der Waals surface area contributed by atoms with Gasteiger partial charge in [-0.2, -0.15) is 0 Å². The van der Waals surface area contributed by atoms with E-state index in [4.69, 9.17) is 24.2 Å². The molecule has 3 aliphatic heterocycles. The molecule has 9 nitrogen and oxygen atoms in total. The van der Waals surface area contributed by atoms with Gasteiger partial charge in [0.25, 0.3) is 0 Å². The van der Waals surface area contributed by atoms with E-state index in [0.717, 1.165) is 48.6 Å². The van der Waals surface area contributed by atoms with Crippen molar-refractivity contribution in [2.75, 3.05) is 56.9 Å². The summed E-state index contributed by atoms with van der Waals surface area (Å²) in [5.41, 5.74) is 3.44. The molecule has 1 saturated heterocycles. The molecule has 9 heteroatoms. The first kappa shape index (κ1) is 22.5. The Labute approximate surface area is 199 Å². The summed E-state index contributed by atoms with van der Waals surface area (Å²) in [5.74, 6) is 2.06. The molecule has 0 saturated carbocycles. The van der Waals surface area contributed by atoms with Crippen LogP contribution in [0.15, 0.2) is 35.5 Å². The van der Waals surface area contributed by atoms with Crippen LogP contribution in [-0.2, 0) is 11.3 Å². The predicted octanol–water partition coefficient (Wildman–Crippen LogP) is 3.31. The van der Waals surface area contributed by atoms with E-state index in [1.54, 1.807) is 14.2 Å². The highest BCUT2D eigenvalue weighted by atomic mass is 16.5. The number of morpholine rings is 1. The third-order valence-electron chi connectivity index (χ3n) is 6.71. The van der Waals surface area contributed by atoms with Gasteiger partial charge >= 0.3 is 6.03 Å². The van der Waals surface area contributed by atoms with E-state index < -0.39 is 0 Å². The number of anilines is 2. The number of benzene rings is 1. The number of nitrogens with zero attached hydrogens (tertiary/aromatic N) is 5. The third-order valence-corrected chi connectivity index (χ3v) is 6.71. The minimum Gasteiger partial charge on any atom is -0.497 e. The number of amidine groups is 1. The van der Waals surface area contributed by atoms with Crippen LogP contribution in [0.4, 0.5) is 16.2 Å². The van der Waals surface area contributed by atoms with Crippen LogP contribution in [0.1, 0.15) is 31.0 Å². The summed E-state index contributed by atoms with van der Waals surface area (Å²) >= 11 is 0. The molecule has 2 amide bonds. The molecule has 1 aromatic carbocycles. The van der Waals surface area contributed by atoms with Gasteiger partial charge in [-0.15, -0.1) is 0 Å². The van der Waals surface area contributed by atoms with Crippen LogP contribution in [0.25, 0.3) is 0 Å². The van der Waals surface area contributed by atoms with Crippen molar-refractivity contribution < 1.29 is 19.0 Å². The maximum atomic E-state index is 13.9. The fourth-order valence-electron chi connectivity index (χ4n) is 4.86. The normalized spacial score (nSPS) is 20.0. The van der Waals surface area contributed by atoms with Gasteiger partial charge in [-0.25, -0.2) is 9.78 Å². The Morgan fingerprint density at radius 3 is 2.50 bits per heavy atom. The summed E-state index contributed by atoms with van der Waals surface area (Å²) in [4.78, 5) is 29.4. The van der Waals surface area contributed by atoms with E-state index in [9.17, 15) is 4.79 Å². The molecule has 0 aliphatic carbocycles. The number of carbonyl (C=O) groups is 1. The maximum absolute atomic E-state index is 13.9. The van der Waals surface area contributed by atoms with Crippen molar-refractivity contribution in [3.8, 4) is 11.5 Å². The lowest BCUT2D eigenvalue weighted by atomic mass is 10.0. The molecule has 0 bridgehead atoms. The Bertz CT molecular complexity index is 1080. The van der Waals surface area contributed by atoms with Gasteiger partial charge < -0.3 is 19.1 Å². The van der Waals surface area contributed by atoms with Crippen molar-refractivity contribution in [2.24, 2.45) is 4.99 Å². The third kappa shape index (κ3) is 4.04. The first-order valence-corrected chi connectivity index (χ1v) is 11.8. The quantitative estimate of drug-likeness (QED) is 0.651. The first-order valence-electron chi connectivity index (χ1n) is 11.8. The van der Waals surface area contributed by atoms with Crippen LogP contribution in [0, 0.1) is 0 Å². The highest BCUT2D eigenvalue weighted by Crippen LogP contribution is 2.36. The summed E-state index contributed by atoms with van der Waals surface area (Å²) in [7, 11) is 3.25. The largest absolute Gasteiger partial charge is 0.497 e. The number of ether oxygens (including phenoxy) is 3. The molecule has 3 aliphatic rings. The molecule has 1 unspecified atom stereocenters. The summed E-state index contributed by atoms with van der Waals surface area (Å²) < 4.78 is 16.4. The summed E-state index contributed by atoms with van der Waals surface area (Å²) in [6.07, 6.45) is 3.61. The van der Waals surface area contributed by atoms with Crippen molar-refractivity contribution in [1.82, 2.24) is 9.88 Å². The van der Waals surface area contributed by atoms with E-state index >= 15 is 0 Å². The maximum Gasteiger partial charge on any atom is 0.330 e. The van der Waals surface area contributed by atoms with E-state index in [-0.39, 0.29) is 12.1 Å². The Kier molecular flexibility index (Phi) is 6.28. The number of pyridine rings is 1. The van der Waals surface area contributed by atoms with Crippen LogP contribution in [0.3, 0.4) is 0 Å². The number of aliphatic imine (C=N–C) groups is 1. The lowest BCUT2D eigenvalue weighted by molar-refractivity contribution is 0.122. The molecule has 1 atom stereocenters. The average Bonchev–Trinajstić information content (AvgIpc) is 2.90. The Hall–Kier alpha value is -3.33. The molecule has 4 heterocycles. The van der Waals surface area contributed by atoms with Crippen LogP contribution >= 0.6 is 0 Å². The van der Waals surface area contributed by atoms with Crippen LogP contribution in [0.5, 0.6) is 11.5 Å². The van der Waals surface area contributed by atoms with Crippen LogP contribution < -0.4 is 19.3 Å². The molecule has 0 radical (unpaired) electrons. The van der Waals surface area contributed by atoms with Gasteiger partial charge in [0.15, 0.2) is 5.84 Å². The fraction of sp³-hybridized carbons (Fsp3) is 0.480. The van der Waals surface area contributed by atoms with Crippen molar-refractivity contribution in [2.45, 2.75) is 32.4 Å². The molecule has 2 aromatic rings. The van der Waals surface area contributed by atoms with Crippen molar-refractivity contribution >= 4 is 23.2 Å². The number of urea groups is 1. The molecule has 0 spiro atoms. The Morgan fingerprint density at radius 2 is 1.82 bits per heavy atom. The monoisotopic (exact) mass is 465 g/mol. The molecule has 1 fully saturated rings. The zero-order chi connectivity index (χ0) is 23.7. The number of aromatic nitrogens is 1. The predicted molar refractivity (Wildman–Crippen MR) is 130 cm³/mol. The number of fused-ring (bicyclic) bond motifs is 3. The number of hydrogen-bond acceptors (Lipinski definition) is 7. The van der Waals surface area contributed by atoms with Gasteiger partial charge in [0.2, 0.25) is 0 Å². The van der Waals surface area contributed by atoms with Crippen molar-refractivity contribution in [3.63, 3.8) is 0 Å². The Balaban J connectivity index is 1.59. The van der Waals surface area contributed by atoms with Crippen molar-refractivity contribution in [1.29, 1.82) is 0 Å². The highest BCUT2D eigenvalue weighted by Gasteiger charge is 2.41. The molecule has 180 valence electrons. The van der Waals surface area contributed by atoms with Crippen molar-refractivity contribution in [3.05, 3.63) is 41.7 Å². The highest BCUT2D eigenvalue weighted by molar-refractivity contribution is 6.18. The summed E-state index contributed by atoms with van der Waals surface area (Å²) in [6.45, 7) is 6.15. The fourth-order valence-corrected chi connectivity index (χ4v) is 4.86.